The maximum atomic E-state index is 13.0. The van der Waals surface area contributed by atoms with Crippen LogP contribution >= 0.6 is 0 Å². The van der Waals surface area contributed by atoms with Crippen molar-refractivity contribution in [1.82, 2.24) is 0 Å². The first-order chi connectivity index (χ1) is 16.2. The summed E-state index contributed by atoms with van der Waals surface area (Å²) in [5.74, 6) is 0.527. The van der Waals surface area contributed by atoms with Crippen LogP contribution in [0.25, 0.3) is 0 Å². The highest BCUT2D eigenvalue weighted by molar-refractivity contribution is 6.02. The van der Waals surface area contributed by atoms with E-state index in [9.17, 15) is 14.7 Å². The first kappa shape index (κ1) is 24.1. The predicted octanol–water partition coefficient (Wildman–Crippen LogP) is 6.51. The lowest BCUT2D eigenvalue weighted by atomic mass is 10.0. The molecular formula is C28H37N3O3. The molecule has 2 aromatic carbocycles. The van der Waals surface area contributed by atoms with Crippen molar-refractivity contribution >= 4 is 29.1 Å². The van der Waals surface area contributed by atoms with E-state index in [1.54, 1.807) is 0 Å². The van der Waals surface area contributed by atoms with E-state index >= 15 is 0 Å². The van der Waals surface area contributed by atoms with Crippen molar-refractivity contribution in [3.63, 3.8) is 0 Å². The fourth-order valence-corrected chi connectivity index (χ4v) is 4.69. The summed E-state index contributed by atoms with van der Waals surface area (Å²) in [6, 6.07) is 13.8. The van der Waals surface area contributed by atoms with Crippen molar-refractivity contribution in [2.45, 2.75) is 58.8 Å². The van der Waals surface area contributed by atoms with Crippen LogP contribution in [-0.2, 0) is 4.79 Å². The Morgan fingerprint density at radius 2 is 1.56 bits per heavy atom. The molecule has 3 N–H and O–H groups in total. The summed E-state index contributed by atoms with van der Waals surface area (Å²) in [6.07, 6.45) is 3.15. The highest BCUT2D eigenvalue weighted by atomic mass is 16.4. The second-order valence-corrected chi connectivity index (χ2v) is 10.7. The molecule has 2 saturated carbocycles. The van der Waals surface area contributed by atoms with Gasteiger partial charge >= 0.3 is 12.0 Å². The molecule has 34 heavy (non-hydrogen) atoms. The molecule has 0 bridgehead atoms. The van der Waals surface area contributed by atoms with Gasteiger partial charge in [-0.2, -0.15) is 0 Å². The number of hydrogen-bond acceptors (Lipinski definition) is 3. The van der Waals surface area contributed by atoms with Crippen molar-refractivity contribution in [3.05, 3.63) is 53.6 Å². The van der Waals surface area contributed by atoms with Gasteiger partial charge in [0.05, 0.1) is 17.3 Å². The van der Waals surface area contributed by atoms with E-state index in [4.69, 9.17) is 0 Å². The summed E-state index contributed by atoms with van der Waals surface area (Å²) in [7, 11) is 0. The molecule has 0 spiro atoms. The second-order valence-electron chi connectivity index (χ2n) is 10.7. The maximum Gasteiger partial charge on any atom is 0.323 e. The first-order valence-corrected chi connectivity index (χ1v) is 12.5. The van der Waals surface area contributed by atoms with E-state index in [0.717, 1.165) is 35.7 Å². The van der Waals surface area contributed by atoms with Gasteiger partial charge in [0, 0.05) is 18.8 Å². The van der Waals surface area contributed by atoms with Crippen LogP contribution in [0.2, 0.25) is 0 Å². The van der Waals surface area contributed by atoms with Gasteiger partial charge in [-0.3, -0.25) is 4.79 Å². The molecule has 2 atom stereocenters. The molecule has 2 aromatic rings. The molecule has 0 aliphatic heterocycles. The second kappa shape index (κ2) is 10.1. The number of carboxylic acids is 1. The number of nitrogens with one attached hydrogen (secondary N) is 2. The molecule has 0 heterocycles. The number of anilines is 3. The molecule has 2 aliphatic rings. The fourth-order valence-electron chi connectivity index (χ4n) is 4.69. The molecule has 0 radical (unpaired) electrons. The normalized spacial score (nSPS) is 19.2. The molecule has 6 heteroatoms. The number of carbonyl (C=O) groups is 2. The zero-order chi connectivity index (χ0) is 24.4. The van der Waals surface area contributed by atoms with Crippen LogP contribution in [0.15, 0.2) is 42.5 Å². The molecular weight excluding hydrogens is 426 g/mol. The summed E-state index contributed by atoms with van der Waals surface area (Å²) in [5, 5.41) is 15.4. The minimum Gasteiger partial charge on any atom is -0.481 e. The van der Waals surface area contributed by atoms with Crippen molar-refractivity contribution < 1.29 is 14.7 Å². The summed E-state index contributed by atoms with van der Waals surface area (Å²) >= 11 is 0. The zero-order valence-electron chi connectivity index (χ0n) is 20.7. The minimum absolute atomic E-state index is 0.00813. The number of carboxylic acid groups (broad SMARTS) is 1. The third kappa shape index (κ3) is 6.10. The first-order valence-electron chi connectivity index (χ1n) is 12.5. The van der Waals surface area contributed by atoms with Gasteiger partial charge in [-0.25, -0.2) is 4.79 Å². The SMILES string of the molecule is CC(C)CN(CC(C)C)c1ccc(C2CC2C(=O)O)cc1NC(=O)Nc1ccc(C2CC2)cc1. The van der Waals surface area contributed by atoms with E-state index < -0.39 is 5.97 Å². The average molecular weight is 464 g/mol. The van der Waals surface area contributed by atoms with E-state index in [1.165, 1.54) is 18.4 Å². The quantitative estimate of drug-likeness (QED) is 0.375. The van der Waals surface area contributed by atoms with Crippen LogP contribution in [0.1, 0.15) is 69.9 Å². The van der Waals surface area contributed by atoms with Crippen LogP contribution in [0.5, 0.6) is 0 Å². The van der Waals surface area contributed by atoms with E-state index in [0.29, 0.717) is 24.2 Å². The lowest BCUT2D eigenvalue weighted by Crippen LogP contribution is -2.32. The molecule has 6 nitrogen and oxygen atoms in total. The molecule has 2 fully saturated rings. The van der Waals surface area contributed by atoms with Crippen molar-refractivity contribution in [1.29, 1.82) is 0 Å². The van der Waals surface area contributed by atoms with Crippen LogP contribution in [0.4, 0.5) is 21.9 Å². The van der Waals surface area contributed by atoms with Gasteiger partial charge in [0.2, 0.25) is 0 Å². The Morgan fingerprint density at radius 3 is 2.09 bits per heavy atom. The lowest BCUT2D eigenvalue weighted by molar-refractivity contribution is -0.138. The van der Waals surface area contributed by atoms with E-state index in [1.807, 2.05) is 30.3 Å². The zero-order valence-corrected chi connectivity index (χ0v) is 20.7. The summed E-state index contributed by atoms with van der Waals surface area (Å²) in [6.45, 7) is 10.5. The summed E-state index contributed by atoms with van der Waals surface area (Å²) in [4.78, 5) is 26.7. The lowest BCUT2D eigenvalue weighted by Gasteiger charge is -2.30. The van der Waals surface area contributed by atoms with Gasteiger partial charge in [0.25, 0.3) is 0 Å². The number of benzene rings is 2. The number of aliphatic carboxylic acids is 1. The van der Waals surface area contributed by atoms with Crippen LogP contribution in [-0.4, -0.2) is 30.2 Å². The predicted molar refractivity (Wildman–Crippen MR) is 138 cm³/mol. The highest BCUT2D eigenvalue weighted by Gasteiger charge is 2.44. The summed E-state index contributed by atoms with van der Waals surface area (Å²) < 4.78 is 0. The number of hydrogen-bond donors (Lipinski definition) is 3. The Labute approximate surface area is 202 Å². The van der Waals surface area contributed by atoms with Gasteiger partial charge < -0.3 is 20.6 Å². The van der Waals surface area contributed by atoms with Crippen LogP contribution in [0.3, 0.4) is 0 Å². The summed E-state index contributed by atoms with van der Waals surface area (Å²) in [5.41, 5.74) is 4.75. The molecule has 2 aliphatic carbocycles. The topological polar surface area (TPSA) is 81.7 Å². The van der Waals surface area contributed by atoms with Crippen LogP contribution in [0, 0.1) is 17.8 Å². The molecule has 182 valence electrons. The maximum absolute atomic E-state index is 13.0. The van der Waals surface area contributed by atoms with Gasteiger partial charge in [-0.05, 0) is 78.3 Å². The Bertz CT molecular complexity index is 1020. The Balaban J connectivity index is 1.56. The van der Waals surface area contributed by atoms with Crippen molar-refractivity contribution in [2.75, 3.05) is 28.6 Å². The molecule has 4 rings (SSSR count). The molecule has 0 saturated heterocycles. The van der Waals surface area contributed by atoms with Crippen molar-refractivity contribution in [2.24, 2.45) is 17.8 Å². The van der Waals surface area contributed by atoms with Gasteiger partial charge in [0.1, 0.15) is 0 Å². The van der Waals surface area contributed by atoms with Crippen LogP contribution < -0.4 is 15.5 Å². The molecule has 0 aromatic heterocycles. The Hall–Kier alpha value is -3.02. The van der Waals surface area contributed by atoms with Gasteiger partial charge in [-0.15, -0.1) is 0 Å². The molecule has 2 amide bonds. The monoisotopic (exact) mass is 463 g/mol. The highest BCUT2D eigenvalue weighted by Crippen LogP contribution is 2.49. The van der Waals surface area contributed by atoms with E-state index in [2.05, 4.69) is 55.4 Å². The third-order valence-corrected chi connectivity index (χ3v) is 6.53. The average Bonchev–Trinajstić information content (AvgIpc) is 3.67. The standard InChI is InChI=1S/C28H37N3O3/c1-17(2)15-31(16-18(3)4)26-12-9-21(23-14-24(23)27(32)33)13-25(26)30-28(34)29-22-10-7-20(8-11-22)19-5-6-19/h7-13,17-19,23-24H,5-6,14-16H2,1-4H3,(H,32,33)(H2,29,30,34). The smallest absolute Gasteiger partial charge is 0.323 e. The number of rotatable bonds is 10. The number of urea groups is 1. The van der Waals surface area contributed by atoms with E-state index in [-0.39, 0.29) is 17.9 Å². The number of amides is 2. The van der Waals surface area contributed by atoms with Gasteiger partial charge in [-0.1, -0.05) is 45.9 Å². The third-order valence-electron chi connectivity index (χ3n) is 6.53. The number of carbonyl (C=O) groups excluding carboxylic acids is 1. The largest absolute Gasteiger partial charge is 0.481 e. The minimum atomic E-state index is -0.753. The van der Waals surface area contributed by atoms with Crippen molar-refractivity contribution in [3.8, 4) is 0 Å². The fraction of sp³-hybridized carbons (Fsp3) is 0.500. The van der Waals surface area contributed by atoms with Gasteiger partial charge in [0.15, 0.2) is 0 Å². The number of nitrogens with zero attached hydrogens (tertiary/aromatic N) is 1. The Kier molecular flexibility index (Phi) is 7.15. The Morgan fingerprint density at radius 1 is 0.941 bits per heavy atom. The molecule has 2 unspecified atom stereocenters.